The van der Waals surface area contributed by atoms with Gasteiger partial charge in [0.05, 0.1) is 5.25 Å². The summed E-state index contributed by atoms with van der Waals surface area (Å²) in [5, 5.41) is 11.6. The van der Waals surface area contributed by atoms with Gasteiger partial charge in [0.25, 0.3) is 5.56 Å². The van der Waals surface area contributed by atoms with E-state index in [0.717, 1.165) is 41.1 Å². The molecule has 3 unspecified atom stereocenters. The van der Waals surface area contributed by atoms with Crippen molar-refractivity contribution in [1.82, 2.24) is 19.7 Å². The summed E-state index contributed by atoms with van der Waals surface area (Å²) < 4.78 is 2.64. The van der Waals surface area contributed by atoms with Gasteiger partial charge in [0.15, 0.2) is 0 Å². The number of thiocarbonyl (C=S) groups is 1. The van der Waals surface area contributed by atoms with E-state index in [1.165, 1.54) is 23.1 Å². The number of fused-ring (bicyclic) bond motifs is 4. The molecule has 10 heteroatoms. The number of pyridine rings is 1. The highest BCUT2D eigenvalue weighted by Crippen LogP contribution is 2.36. The first-order valence-corrected chi connectivity index (χ1v) is 11.3. The minimum atomic E-state index is -0.326. The zero-order valence-electron chi connectivity index (χ0n) is 15.6. The van der Waals surface area contributed by atoms with Gasteiger partial charge >= 0.3 is 0 Å². The Hall–Kier alpha value is -1.78. The topological polar surface area (TPSA) is 80.1 Å². The zero-order valence-corrected chi connectivity index (χ0v) is 18.1. The van der Waals surface area contributed by atoms with Crippen LogP contribution in [0.2, 0.25) is 0 Å². The molecule has 0 saturated carbocycles. The molecule has 1 amide bonds. The zero-order chi connectivity index (χ0) is 19.8. The summed E-state index contributed by atoms with van der Waals surface area (Å²) >= 11 is 8.40. The van der Waals surface area contributed by atoms with Gasteiger partial charge in [0.2, 0.25) is 11.0 Å². The van der Waals surface area contributed by atoms with Crippen molar-refractivity contribution >= 4 is 50.7 Å². The Morgan fingerprint density at radius 1 is 1.36 bits per heavy atom. The molecule has 4 rings (SSSR count). The number of likely N-dealkylation sites (tertiary alicyclic amines) is 1. The molecule has 1 fully saturated rings. The number of nitrogens with zero attached hydrogens (tertiary/aromatic N) is 4. The van der Waals surface area contributed by atoms with E-state index in [-0.39, 0.29) is 16.7 Å². The lowest BCUT2D eigenvalue weighted by molar-refractivity contribution is -0.115. The predicted molar refractivity (Wildman–Crippen MR) is 116 cm³/mol. The van der Waals surface area contributed by atoms with Gasteiger partial charge in [0, 0.05) is 37.3 Å². The van der Waals surface area contributed by atoms with E-state index in [9.17, 15) is 9.59 Å². The maximum absolute atomic E-state index is 12.4. The van der Waals surface area contributed by atoms with Crippen LogP contribution in [0, 0.1) is 12.8 Å². The third kappa shape index (κ3) is 3.99. The molecule has 2 aromatic rings. The van der Waals surface area contributed by atoms with Gasteiger partial charge in [-0.15, -0.1) is 10.2 Å². The molecule has 2 aromatic heterocycles. The summed E-state index contributed by atoms with van der Waals surface area (Å²) in [5.41, 5.74) is 1.17. The molecule has 148 valence electrons. The summed E-state index contributed by atoms with van der Waals surface area (Å²) in [6.45, 7) is 6.05. The van der Waals surface area contributed by atoms with Crippen LogP contribution in [0.25, 0.3) is 0 Å². The van der Waals surface area contributed by atoms with Crippen molar-refractivity contribution in [2.24, 2.45) is 5.92 Å². The third-order valence-electron chi connectivity index (χ3n) is 5.14. The Bertz CT molecular complexity index is 972. The van der Waals surface area contributed by atoms with Crippen LogP contribution in [0.1, 0.15) is 30.0 Å². The molecule has 2 bridgehead atoms. The smallest absolute Gasteiger partial charge is 0.250 e. The number of hydrogen-bond acceptors (Lipinski definition) is 7. The number of carbonyl (C=O) groups excluding carboxylic acids is 1. The number of hydrogen-bond donors (Lipinski definition) is 1. The van der Waals surface area contributed by atoms with E-state index in [1.54, 1.807) is 6.07 Å². The number of nitrogens with one attached hydrogen (secondary N) is 1. The lowest BCUT2D eigenvalue weighted by Crippen LogP contribution is -2.48. The fourth-order valence-corrected chi connectivity index (χ4v) is 5.82. The monoisotopic (exact) mass is 435 g/mol. The fourth-order valence-electron chi connectivity index (χ4n) is 3.88. The number of carbonyl (C=O) groups is 1. The van der Waals surface area contributed by atoms with E-state index in [4.69, 9.17) is 12.2 Å². The number of thioether (sulfide) groups is 1. The van der Waals surface area contributed by atoms with Gasteiger partial charge in [-0.25, -0.2) is 0 Å². The van der Waals surface area contributed by atoms with Crippen molar-refractivity contribution in [3.8, 4) is 0 Å². The average molecular weight is 436 g/mol. The van der Waals surface area contributed by atoms with Crippen LogP contribution < -0.4 is 10.9 Å². The van der Waals surface area contributed by atoms with Gasteiger partial charge in [-0.3, -0.25) is 14.9 Å². The van der Waals surface area contributed by atoms with Gasteiger partial charge < -0.3 is 9.47 Å². The van der Waals surface area contributed by atoms with Crippen molar-refractivity contribution < 1.29 is 4.79 Å². The highest BCUT2D eigenvalue weighted by atomic mass is 32.2. The van der Waals surface area contributed by atoms with Crippen LogP contribution in [0.4, 0.5) is 5.13 Å². The second-order valence-electron chi connectivity index (χ2n) is 7.24. The number of amides is 1. The largest absolute Gasteiger partial charge is 0.356 e. The molecule has 0 spiro atoms. The maximum Gasteiger partial charge on any atom is 0.250 e. The Morgan fingerprint density at radius 2 is 2.18 bits per heavy atom. The molecule has 2 aliphatic heterocycles. The van der Waals surface area contributed by atoms with Gasteiger partial charge in [0.1, 0.15) is 9.33 Å². The van der Waals surface area contributed by atoms with Crippen LogP contribution in [-0.2, 0) is 11.3 Å². The van der Waals surface area contributed by atoms with Crippen LogP contribution >= 0.6 is 35.3 Å². The van der Waals surface area contributed by atoms with E-state index in [0.29, 0.717) is 17.0 Å². The Balaban J connectivity index is 1.39. The Morgan fingerprint density at radius 3 is 2.93 bits per heavy atom. The number of aromatic nitrogens is 3. The molecule has 0 aliphatic carbocycles. The summed E-state index contributed by atoms with van der Waals surface area (Å²) in [6, 6.07) is 5.51. The van der Waals surface area contributed by atoms with Crippen LogP contribution in [0.15, 0.2) is 23.0 Å². The van der Waals surface area contributed by atoms with E-state index in [2.05, 4.69) is 20.4 Å². The lowest BCUT2D eigenvalue weighted by atomic mass is 9.83. The second-order valence-corrected chi connectivity index (χ2v) is 10.4. The minimum absolute atomic E-state index is 0.0785. The van der Waals surface area contributed by atoms with Crippen molar-refractivity contribution in [3.63, 3.8) is 0 Å². The lowest BCUT2D eigenvalue weighted by Gasteiger charge is -2.43. The first-order valence-electron chi connectivity index (χ1n) is 9.17. The highest BCUT2D eigenvalue weighted by Gasteiger charge is 2.35. The SMILES string of the molecule is Cc1nnc(NC(=O)C(C)SC(=S)N2CC3CC(C2)c2cccc(=O)n2C3)s1. The van der Waals surface area contributed by atoms with Crippen molar-refractivity contribution in [1.29, 1.82) is 0 Å². The second kappa shape index (κ2) is 7.92. The predicted octanol–water partition coefficient (Wildman–Crippen LogP) is 2.47. The number of rotatable bonds is 3. The molecule has 3 atom stereocenters. The summed E-state index contributed by atoms with van der Waals surface area (Å²) in [4.78, 5) is 26.8. The first kappa shape index (κ1) is 19.5. The van der Waals surface area contributed by atoms with Gasteiger partial charge in [-0.1, -0.05) is 41.4 Å². The van der Waals surface area contributed by atoms with E-state index >= 15 is 0 Å². The number of aryl methyl sites for hydroxylation is 1. The molecule has 1 saturated heterocycles. The summed E-state index contributed by atoms with van der Waals surface area (Å²) in [6.07, 6.45) is 1.08. The molecule has 28 heavy (non-hydrogen) atoms. The highest BCUT2D eigenvalue weighted by molar-refractivity contribution is 8.23. The quantitative estimate of drug-likeness (QED) is 0.742. The van der Waals surface area contributed by atoms with Crippen LogP contribution in [-0.4, -0.2) is 48.2 Å². The fraction of sp³-hybridized carbons (Fsp3) is 0.500. The first-order chi connectivity index (χ1) is 13.4. The van der Waals surface area contributed by atoms with E-state index < -0.39 is 0 Å². The number of piperidine rings is 1. The van der Waals surface area contributed by atoms with Crippen molar-refractivity contribution in [2.75, 3.05) is 18.4 Å². The molecular formula is C18H21N5O2S3. The molecule has 7 nitrogen and oxygen atoms in total. The summed E-state index contributed by atoms with van der Waals surface area (Å²) in [5.74, 6) is 0.574. The normalized spacial score (nSPS) is 21.7. The third-order valence-corrected chi connectivity index (χ3v) is 7.47. The van der Waals surface area contributed by atoms with Crippen LogP contribution in [0.5, 0.6) is 0 Å². The Labute approximate surface area is 176 Å². The van der Waals surface area contributed by atoms with Crippen LogP contribution in [0.3, 0.4) is 0 Å². The van der Waals surface area contributed by atoms with Gasteiger partial charge in [-0.05, 0) is 32.3 Å². The summed E-state index contributed by atoms with van der Waals surface area (Å²) in [7, 11) is 0. The molecule has 4 heterocycles. The van der Waals surface area contributed by atoms with Crippen molar-refractivity contribution in [2.45, 2.75) is 38.0 Å². The Kier molecular flexibility index (Phi) is 5.52. The maximum atomic E-state index is 12.4. The molecule has 0 radical (unpaired) electrons. The molecular weight excluding hydrogens is 414 g/mol. The molecule has 1 N–H and O–H groups in total. The minimum Gasteiger partial charge on any atom is -0.356 e. The molecule has 0 aromatic carbocycles. The average Bonchev–Trinajstić information content (AvgIpc) is 3.07. The number of anilines is 1. The van der Waals surface area contributed by atoms with Crippen molar-refractivity contribution in [3.05, 3.63) is 39.3 Å². The molecule has 2 aliphatic rings. The standard InChI is InChI=1S/C18H21N5O2S3/c1-10(16(25)19-17-21-20-11(2)28-17)27-18(26)22-7-12-6-13(9-22)14-4-3-5-15(24)23(14)8-12/h3-5,10,12-13H,6-9H2,1-2H3,(H,19,21,25). The van der Waals surface area contributed by atoms with E-state index in [1.807, 2.05) is 30.5 Å². The van der Waals surface area contributed by atoms with Gasteiger partial charge in [-0.2, -0.15) is 0 Å².